The summed E-state index contributed by atoms with van der Waals surface area (Å²) in [6.07, 6.45) is 0. The summed E-state index contributed by atoms with van der Waals surface area (Å²) in [7, 11) is 0. The number of benzene rings is 2. The summed E-state index contributed by atoms with van der Waals surface area (Å²) in [4.78, 5) is 13.7. The summed E-state index contributed by atoms with van der Waals surface area (Å²) in [6, 6.07) is 7.04. The molecular formula is C13H9NO3. The lowest BCUT2D eigenvalue weighted by Gasteiger charge is -2.09. The van der Waals surface area contributed by atoms with Gasteiger partial charge in [-0.3, -0.25) is 0 Å². The fourth-order valence-corrected chi connectivity index (χ4v) is 2.36. The molecule has 0 saturated carbocycles. The molecule has 1 fully saturated rings. The van der Waals surface area contributed by atoms with Crippen LogP contribution in [0.2, 0.25) is 0 Å². The molecule has 0 radical (unpaired) electrons. The molecule has 4 nitrogen and oxygen atoms in total. The van der Waals surface area contributed by atoms with Gasteiger partial charge in [0, 0.05) is 29.9 Å². The van der Waals surface area contributed by atoms with Gasteiger partial charge in [0.05, 0.1) is 11.3 Å². The fourth-order valence-electron chi connectivity index (χ4n) is 2.36. The highest BCUT2D eigenvalue weighted by molar-refractivity contribution is 6.15. The first-order valence-corrected chi connectivity index (χ1v) is 5.51. The SMILES string of the molecule is O=C1Oc2cc(N3CC3)c(O)c3cccc1c23. The smallest absolute Gasteiger partial charge is 0.344 e. The van der Waals surface area contributed by atoms with Gasteiger partial charge in [-0.2, -0.15) is 0 Å². The lowest BCUT2D eigenvalue weighted by molar-refractivity contribution is 0.0754. The van der Waals surface area contributed by atoms with Crippen molar-refractivity contribution in [3.63, 3.8) is 0 Å². The Morgan fingerprint density at radius 1 is 1.29 bits per heavy atom. The summed E-state index contributed by atoms with van der Waals surface area (Å²) in [5.74, 6) is 0.453. The van der Waals surface area contributed by atoms with E-state index in [1.807, 2.05) is 11.0 Å². The van der Waals surface area contributed by atoms with Gasteiger partial charge in [-0.25, -0.2) is 4.79 Å². The molecule has 0 atom stereocenters. The van der Waals surface area contributed by atoms with Gasteiger partial charge in [0.2, 0.25) is 0 Å². The molecule has 0 aromatic heterocycles. The molecule has 2 aliphatic heterocycles. The zero-order chi connectivity index (χ0) is 11.6. The van der Waals surface area contributed by atoms with Crippen LogP contribution >= 0.6 is 0 Å². The number of anilines is 1. The molecule has 1 N–H and O–H groups in total. The standard InChI is InChI=1S/C13H9NO3/c15-12-7-2-1-3-8-11(7)10(17-13(8)16)6-9(12)14-4-5-14/h1-3,6,15H,4-5H2. The van der Waals surface area contributed by atoms with E-state index in [1.165, 1.54) is 0 Å². The van der Waals surface area contributed by atoms with Crippen LogP contribution in [-0.2, 0) is 0 Å². The number of carbonyl (C=O) groups excluding carboxylic acids is 1. The maximum atomic E-state index is 11.6. The van der Waals surface area contributed by atoms with Crippen LogP contribution in [0.15, 0.2) is 24.3 Å². The first kappa shape index (κ1) is 8.87. The molecule has 17 heavy (non-hydrogen) atoms. The molecule has 4 heteroatoms. The van der Waals surface area contributed by atoms with Crippen molar-refractivity contribution in [2.45, 2.75) is 0 Å². The minimum absolute atomic E-state index is 0.237. The Morgan fingerprint density at radius 3 is 2.88 bits per heavy atom. The van der Waals surface area contributed by atoms with Gasteiger partial charge in [0.15, 0.2) is 0 Å². The van der Waals surface area contributed by atoms with Crippen LogP contribution < -0.4 is 9.64 Å². The van der Waals surface area contributed by atoms with E-state index >= 15 is 0 Å². The van der Waals surface area contributed by atoms with Crippen LogP contribution in [0.1, 0.15) is 10.4 Å². The number of hydrogen-bond acceptors (Lipinski definition) is 4. The number of phenols is 1. The molecule has 2 aliphatic rings. The van der Waals surface area contributed by atoms with E-state index in [-0.39, 0.29) is 11.7 Å². The average molecular weight is 227 g/mol. The zero-order valence-corrected chi connectivity index (χ0v) is 8.93. The maximum Gasteiger partial charge on any atom is 0.344 e. The average Bonchev–Trinajstić information content (AvgIpc) is 3.11. The molecular weight excluding hydrogens is 218 g/mol. The molecule has 2 aromatic rings. The lowest BCUT2D eigenvalue weighted by atomic mass is 10.0. The third kappa shape index (κ3) is 1.04. The van der Waals surface area contributed by atoms with Crippen LogP contribution in [0, 0.1) is 0 Å². The molecule has 0 amide bonds. The summed E-state index contributed by atoms with van der Waals surface area (Å²) < 4.78 is 5.22. The molecule has 0 spiro atoms. The lowest BCUT2D eigenvalue weighted by Crippen LogP contribution is -2.00. The number of nitrogens with zero attached hydrogens (tertiary/aromatic N) is 1. The fraction of sp³-hybridized carbons (Fsp3) is 0.154. The van der Waals surface area contributed by atoms with Gasteiger partial charge in [-0.15, -0.1) is 0 Å². The summed E-state index contributed by atoms with van der Waals surface area (Å²) in [6.45, 7) is 1.87. The minimum atomic E-state index is -0.340. The molecule has 84 valence electrons. The Morgan fingerprint density at radius 2 is 2.12 bits per heavy atom. The normalized spacial score (nSPS) is 16.5. The summed E-state index contributed by atoms with van der Waals surface area (Å²) >= 11 is 0. The highest BCUT2D eigenvalue weighted by Crippen LogP contribution is 2.46. The molecule has 4 rings (SSSR count). The third-order valence-electron chi connectivity index (χ3n) is 3.29. The van der Waals surface area contributed by atoms with Crippen LogP contribution in [0.25, 0.3) is 10.8 Å². The van der Waals surface area contributed by atoms with Gasteiger partial charge in [0.1, 0.15) is 11.5 Å². The van der Waals surface area contributed by atoms with Gasteiger partial charge < -0.3 is 14.7 Å². The first-order chi connectivity index (χ1) is 8.25. The van der Waals surface area contributed by atoms with Crippen molar-refractivity contribution in [1.82, 2.24) is 0 Å². The van der Waals surface area contributed by atoms with Crippen molar-refractivity contribution in [3.8, 4) is 11.5 Å². The number of aromatic hydroxyl groups is 1. The molecule has 0 bridgehead atoms. The second-order valence-electron chi connectivity index (χ2n) is 4.35. The van der Waals surface area contributed by atoms with E-state index in [4.69, 9.17) is 4.74 Å². The van der Waals surface area contributed by atoms with Crippen LogP contribution in [-0.4, -0.2) is 24.2 Å². The van der Waals surface area contributed by atoms with E-state index in [1.54, 1.807) is 18.2 Å². The molecule has 0 aliphatic carbocycles. The van der Waals surface area contributed by atoms with E-state index in [0.29, 0.717) is 16.7 Å². The highest BCUT2D eigenvalue weighted by Gasteiger charge is 2.30. The highest BCUT2D eigenvalue weighted by atomic mass is 16.5. The second-order valence-corrected chi connectivity index (χ2v) is 4.35. The predicted molar refractivity (Wildman–Crippen MR) is 62.8 cm³/mol. The Balaban J connectivity index is 2.14. The van der Waals surface area contributed by atoms with Crippen LogP contribution in [0.5, 0.6) is 11.5 Å². The number of carbonyl (C=O) groups is 1. The Labute approximate surface area is 97.0 Å². The van der Waals surface area contributed by atoms with E-state index in [9.17, 15) is 9.90 Å². The van der Waals surface area contributed by atoms with Gasteiger partial charge in [-0.1, -0.05) is 12.1 Å². The monoisotopic (exact) mass is 227 g/mol. The number of esters is 1. The van der Waals surface area contributed by atoms with Crippen molar-refractivity contribution in [2.75, 3.05) is 18.0 Å². The van der Waals surface area contributed by atoms with Crippen molar-refractivity contribution in [3.05, 3.63) is 29.8 Å². The van der Waals surface area contributed by atoms with Crippen molar-refractivity contribution >= 4 is 22.4 Å². The molecule has 2 heterocycles. The van der Waals surface area contributed by atoms with E-state index in [2.05, 4.69) is 0 Å². The number of phenolic OH excluding ortho intramolecular Hbond substituents is 1. The largest absolute Gasteiger partial charge is 0.505 e. The first-order valence-electron chi connectivity index (χ1n) is 5.51. The number of ether oxygens (including phenoxy) is 1. The van der Waals surface area contributed by atoms with Crippen LogP contribution in [0.4, 0.5) is 5.69 Å². The molecule has 1 saturated heterocycles. The van der Waals surface area contributed by atoms with Crippen LogP contribution in [0.3, 0.4) is 0 Å². The van der Waals surface area contributed by atoms with E-state index in [0.717, 1.165) is 24.2 Å². The van der Waals surface area contributed by atoms with Gasteiger partial charge >= 0.3 is 5.97 Å². The van der Waals surface area contributed by atoms with Crippen molar-refractivity contribution in [1.29, 1.82) is 0 Å². The number of rotatable bonds is 1. The maximum absolute atomic E-state index is 11.6. The van der Waals surface area contributed by atoms with Gasteiger partial charge in [-0.05, 0) is 6.07 Å². The quantitative estimate of drug-likeness (QED) is 0.459. The number of hydrogen-bond donors (Lipinski definition) is 1. The predicted octanol–water partition coefficient (Wildman–Crippen LogP) is 1.90. The summed E-state index contributed by atoms with van der Waals surface area (Å²) in [5, 5.41) is 11.6. The Hall–Kier alpha value is -2.23. The molecule has 2 aromatic carbocycles. The molecule has 0 unspecified atom stereocenters. The van der Waals surface area contributed by atoms with E-state index < -0.39 is 0 Å². The van der Waals surface area contributed by atoms with Gasteiger partial charge in [0.25, 0.3) is 0 Å². The Bertz CT molecular complexity index is 674. The second kappa shape index (κ2) is 2.71. The topological polar surface area (TPSA) is 49.5 Å². The summed E-state index contributed by atoms with van der Waals surface area (Å²) in [5.41, 5.74) is 1.28. The van der Waals surface area contributed by atoms with Crippen molar-refractivity contribution in [2.24, 2.45) is 0 Å². The Kier molecular flexibility index (Phi) is 1.42. The zero-order valence-electron chi connectivity index (χ0n) is 8.93. The van der Waals surface area contributed by atoms with Crippen molar-refractivity contribution < 1.29 is 14.6 Å². The third-order valence-corrected chi connectivity index (χ3v) is 3.29. The minimum Gasteiger partial charge on any atom is -0.505 e.